The van der Waals surface area contributed by atoms with E-state index in [1.807, 2.05) is 0 Å². The number of para-hydroxylation sites is 1. The molecule has 0 aliphatic heterocycles. The fourth-order valence-corrected chi connectivity index (χ4v) is 8.90. The Bertz CT molecular complexity index is 1170. The molecule has 0 radical (unpaired) electrons. The van der Waals surface area contributed by atoms with Crippen LogP contribution in [0.1, 0.15) is 38.9 Å². The summed E-state index contributed by atoms with van der Waals surface area (Å²) in [6.07, 6.45) is 14.4. The molecular formula is C25H21F2NZr. The number of aryl methyl sites for hydroxylation is 1. The molecule has 2 aromatic carbocycles. The van der Waals surface area contributed by atoms with E-state index in [4.69, 9.17) is 0 Å². The van der Waals surface area contributed by atoms with E-state index in [-0.39, 0.29) is 9.41 Å². The third kappa shape index (κ3) is 3.13. The Hall–Kier alpha value is -2.06. The molecule has 3 aliphatic carbocycles. The van der Waals surface area contributed by atoms with Crippen LogP contribution < -0.4 is 9.41 Å². The van der Waals surface area contributed by atoms with Gasteiger partial charge >= 0.3 is 172 Å². The van der Waals surface area contributed by atoms with Crippen LogP contribution in [0, 0.1) is 0 Å². The van der Waals surface area contributed by atoms with E-state index in [0.717, 1.165) is 0 Å². The van der Waals surface area contributed by atoms with Gasteiger partial charge in [0, 0.05) is 0 Å². The van der Waals surface area contributed by atoms with E-state index in [1.165, 1.54) is 42.1 Å². The van der Waals surface area contributed by atoms with Gasteiger partial charge in [-0.05, 0) is 0 Å². The smallest absolute Gasteiger partial charge is 1.00 e. The fourth-order valence-electron chi connectivity index (χ4n) is 5.02. The number of nitrogens with zero attached hydrogens (tertiary/aromatic N) is 1. The van der Waals surface area contributed by atoms with Gasteiger partial charge in [-0.3, -0.25) is 0 Å². The normalized spacial score (nSPS) is 18.4. The van der Waals surface area contributed by atoms with Crippen molar-refractivity contribution in [1.29, 1.82) is 0 Å². The molecule has 1 heterocycles. The minimum Gasteiger partial charge on any atom is -1.00 e. The summed E-state index contributed by atoms with van der Waals surface area (Å²) in [5, 5.41) is 1.48. The van der Waals surface area contributed by atoms with Crippen LogP contribution in [0.2, 0.25) is 0 Å². The van der Waals surface area contributed by atoms with Gasteiger partial charge in [-0.2, -0.15) is 0 Å². The first kappa shape index (κ1) is 20.2. The van der Waals surface area contributed by atoms with Gasteiger partial charge in [0.1, 0.15) is 0 Å². The number of allylic oxidation sites excluding steroid dienone is 5. The monoisotopic (exact) mass is 463 g/mol. The average molecular weight is 465 g/mol. The summed E-state index contributed by atoms with van der Waals surface area (Å²) in [6.45, 7) is 0. The van der Waals surface area contributed by atoms with Gasteiger partial charge < -0.3 is 9.41 Å². The molecule has 0 N–H and O–H groups in total. The molecule has 144 valence electrons. The summed E-state index contributed by atoms with van der Waals surface area (Å²) in [5.41, 5.74) is 9.16. The molecule has 0 bridgehead atoms. The number of benzene rings is 2. The van der Waals surface area contributed by atoms with Crippen LogP contribution in [0.3, 0.4) is 0 Å². The first-order chi connectivity index (χ1) is 13.4. The Morgan fingerprint density at radius 2 is 1.76 bits per heavy atom. The Labute approximate surface area is 181 Å². The Balaban J connectivity index is 0.00000102. The van der Waals surface area contributed by atoms with E-state index < -0.39 is 23.2 Å². The molecular weight excluding hydrogens is 444 g/mol. The molecule has 0 saturated carbocycles. The maximum Gasteiger partial charge on any atom is -1.00 e. The number of hydrogen-bond acceptors (Lipinski definition) is 0. The standard InChI is InChI=1S/C20H16N.C5H5.2FH.Zr/c1-2-7-15-13-16(12-14(15)6-1)21-19-10-4-3-8-17(19)18-9-5-11-20(18)21;1-2-4-5-3-1;;;/h1-4,6-8,10,12-13H,5,9,11H2;1-3H,4H2;2*1H;/q;;;;+2/p-2. The minimum atomic E-state index is -0.724. The zero-order chi connectivity index (χ0) is 17.8. The van der Waals surface area contributed by atoms with E-state index >= 15 is 0 Å². The second-order valence-electron chi connectivity index (χ2n) is 7.73. The summed E-state index contributed by atoms with van der Waals surface area (Å²) < 4.78 is 5.00. The van der Waals surface area contributed by atoms with Crippen LogP contribution in [0.15, 0.2) is 70.0 Å². The topological polar surface area (TPSA) is 4.93 Å². The summed E-state index contributed by atoms with van der Waals surface area (Å²) >= 11 is -0.724. The van der Waals surface area contributed by atoms with E-state index in [2.05, 4.69) is 77.4 Å². The second kappa shape index (κ2) is 7.99. The number of hydrogen-bond donors (Lipinski definition) is 0. The van der Waals surface area contributed by atoms with Crippen molar-refractivity contribution >= 4 is 22.7 Å². The molecule has 0 amide bonds. The third-order valence-electron chi connectivity index (χ3n) is 6.19. The van der Waals surface area contributed by atoms with Crippen molar-refractivity contribution in [3.05, 3.63) is 92.4 Å². The molecule has 1 unspecified atom stereocenters. The minimum absolute atomic E-state index is 0. The average Bonchev–Trinajstić information content (AvgIpc) is 3.46. The van der Waals surface area contributed by atoms with Crippen molar-refractivity contribution in [3.63, 3.8) is 0 Å². The van der Waals surface area contributed by atoms with Gasteiger partial charge in [0.05, 0.1) is 0 Å². The summed E-state index contributed by atoms with van der Waals surface area (Å²) in [5.74, 6) is 0. The molecule has 0 spiro atoms. The van der Waals surface area contributed by atoms with Gasteiger partial charge in [-0.15, -0.1) is 0 Å². The Morgan fingerprint density at radius 1 is 0.931 bits per heavy atom. The number of halogens is 2. The summed E-state index contributed by atoms with van der Waals surface area (Å²) in [7, 11) is 0. The van der Waals surface area contributed by atoms with Gasteiger partial charge in [-0.25, -0.2) is 0 Å². The van der Waals surface area contributed by atoms with E-state index in [9.17, 15) is 0 Å². The molecule has 1 nitrogen and oxygen atoms in total. The van der Waals surface area contributed by atoms with Crippen molar-refractivity contribution < 1.29 is 32.6 Å². The first-order valence-corrected chi connectivity index (χ1v) is 12.6. The Kier molecular flexibility index (Phi) is 5.57. The zero-order valence-electron chi connectivity index (χ0n) is 16.0. The van der Waals surface area contributed by atoms with E-state index in [0.29, 0.717) is 3.63 Å². The zero-order valence-corrected chi connectivity index (χ0v) is 18.5. The van der Waals surface area contributed by atoms with Crippen LogP contribution in [-0.4, -0.2) is 4.57 Å². The molecule has 3 aliphatic rings. The molecule has 1 atom stereocenters. The van der Waals surface area contributed by atoms with Gasteiger partial charge in [-0.1, -0.05) is 0 Å². The van der Waals surface area contributed by atoms with Crippen LogP contribution in [0.25, 0.3) is 22.7 Å². The Morgan fingerprint density at radius 3 is 2.62 bits per heavy atom. The van der Waals surface area contributed by atoms with Crippen molar-refractivity contribution in [3.8, 4) is 0 Å². The summed E-state index contributed by atoms with van der Waals surface area (Å²) in [6, 6.07) is 18.2. The largest absolute Gasteiger partial charge is 1.00 e. The quantitative estimate of drug-likeness (QED) is 0.519. The molecule has 0 fully saturated rings. The maximum atomic E-state index is 2.66. The number of fused-ring (bicyclic) bond motifs is 4. The fraction of sp³-hybridized carbons (Fsp3) is 0.200. The maximum absolute atomic E-state index is 2.66. The van der Waals surface area contributed by atoms with Gasteiger partial charge in [0.2, 0.25) is 0 Å². The van der Waals surface area contributed by atoms with Crippen molar-refractivity contribution in [2.45, 2.75) is 29.3 Å². The molecule has 0 saturated heterocycles. The van der Waals surface area contributed by atoms with Crippen molar-refractivity contribution in [1.82, 2.24) is 4.57 Å². The predicted octanol–water partition coefficient (Wildman–Crippen LogP) is 0.117. The van der Waals surface area contributed by atoms with Crippen molar-refractivity contribution in [2.24, 2.45) is 0 Å². The van der Waals surface area contributed by atoms with Crippen LogP contribution in [0.5, 0.6) is 0 Å². The molecule has 1 aromatic heterocycles. The second-order valence-corrected chi connectivity index (χ2v) is 11.4. The SMILES string of the molecule is C1=CC[C]([Zr+2][CH]2C(n3c4c(c5ccccc53)CCC4)=Cc3ccccc32)=C1.[F-].[F-]. The number of aromatic nitrogens is 1. The third-order valence-corrected chi connectivity index (χ3v) is 10.2. The predicted molar refractivity (Wildman–Crippen MR) is 109 cm³/mol. The van der Waals surface area contributed by atoms with Gasteiger partial charge in [0.15, 0.2) is 0 Å². The van der Waals surface area contributed by atoms with E-state index in [1.54, 1.807) is 25.8 Å². The first-order valence-electron chi connectivity index (χ1n) is 9.94. The molecule has 29 heavy (non-hydrogen) atoms. The van der Waals surface area contributed by atoms with Crippen LogP contribution in [-0.2, 0) is 36.1 Å². The van der Waals surface area contributed by atoms with Crippen LogP contribution >= 0.6 is 0 Å². The van der Waals surface area contributed by atoms with Crippen molar-refractivity contribution in [2.75, 3.05) is 0 Å². The number of rotatable bonds is 3. The van der Waals surface area contributed by atoms with Crippen LogP contribution in [0.4, 0.5) is 0 Å². The molecule has 6 rings (SSSR count). The molecule has 4 heteroatoms. The van der Waals surface area contributed by atoms with Gasteiger partial charge in [0.25, 0.3) is 0 Å². The summed E-state index contributed by atoms with van der Waals surface area (Å²) in [4.78, 5) is 0. The molecule has 3 aromatic rings.